The lowest BCUT2D eigenvalue weighted by molar-refractivity contribution is 0.0912. The maximum absolute atomic E-state index is 13.6. The van der Waals surface area contributed by atoms with Crippen molar-refractivity contribution in [1.29, 1.82) is 0 Å². The van der Waals surface area contributed by atoms with Crippen molar-refractivity contribution in [2.45, 2.75) is 6.61 Å². The van der Waals surface area contributed by atoms with Crippen LogP contribution in [-0.2, 0) is 11.3 Å². The number of nitrogens with one attached hydrogen (secondary N) is 2. The maximum atomic E-state index is 13.6. The molecule has 0 aliphatic rings. The number of halogens is 1. The number of hydrogen-bond donors (Lipinski definition) is 2. The van der Waals surface area contributed by atoms with Crippen LogP contribution in [0.2, 0.25) is 0 Å². The van der Waals surface area contributed by atoms with Crippen LogP contribution in [0.3, 0.4) is 0 Å². The average Bonchev–Trinajstić information content (AvgIpc) is 3.40. The third kappa shape index (κ3) is 4.76. The number of benzene rings is 2. The Morgan fingerprint density at radius 1 is 1.00 bits per heavy atom. The van der Waals surface area contributed by atoms with Gasteiger partial charge >= 0.3 is 6.09 Å². The van der Waals surface area contributed by atoms with Crippen molar-refractivity contribution < 1.29 is 23.5 Å². The molecule has 0 radical (unpaired) electrons. The zero-order valence-corrected chi connectivity index (χ0v) is 17.4. The fraction of sp³-hybridized carbons (Fsp3) is 0.0476. The number of carbonyl (C=O) groups is 3. The molecule has 10 heteroatoms. The molecular formula is C21H14FN3O4S2. The first kappa shape index (κ1) is 20.6. The predicted octanol–water partition coefficient (Wildman–Crippen LogP) is 4.82. The highest BCUT2D eigenvalue weighted by Gasteiger charge is 2.20. The van der Waals surface area contributed by atoms with Gasteiger partial charge in [0.25, 0.3) is 11.8 Å². The van der Waals surface area contributed by atoms with Gasteiger partial charge in [-0.25, -0.2) is 14.2 Å². The van der Waals surface area contributed by atoms with Crippen LogP contribution in [0.5, 0.6) is 0 Å². The first-order chi connectivity index (χ1) is 15.0. The third-order valence-electron chi connectivity index (χ3n) is 4.16. The van der Waals surface area contributed by atoms with E-state index in [1.807, 2.05) is 18.2 Å². The number of anilines is 1. The van der Waals surface area contributed by atoms with E-state index >= 15 is 0 Å². The van der Waals surface area contributed by atoms with E-state index in [4.69, 9.17) is 4.74 Å². The predicted molar refractivity (Wildman–Crippen MR) is 116 cm³/mol. The Kier molecular flexibility index (Phi) is 6.01. The summed E-state index contributed by atoms with van der Waals surface area (Å²) in [5.74, 6) is -1.72. The SMILES string of the molecule is O=C(NC(=O)c1ccsc1NC(=O)c1nc2ccccc2s1)OCc1ccccc1F. The van der Waals surface area contributed by atoms with E-state index in [0.29, 0.717) is 5.52 Å². The summed E-state index contributed by atoms with van der Waals surface area (Å²) in [7, 11) is 0. The van der Waals surface area contributed by atoms with Crippen molar-refractivity contribution in [2.24, 2.45) is 0 Å². The normalized spacial score (nSPS) is 10.6. The van der Waals surface area contributed by atoms with Gasteiger partial charge in [-0.3, -0.25) is 14.9 Å². The van der Waals surface area contributed by atoms with E-state index < -0.39 is 23.7 Å². The zero-order chi connectivity index (χ0) is 21.8. The summed E-state index contributed by atoms with van der Waals surface area (Å²) in [6, 6.07) is 14.7. The highest BCUT2D eigenvalue weighted by molar-refractivity contribution is 7.20. The number of fused-ring (bicyclic) bond motifs is 1. The minimum Gasteiger partial charge on any atom is -0.444 e. The monoisotopic (exact) mass is 455 g/mol. The summed E-state index contributed by atoms with van der Waals surface area (Å²) in [5, 5.41) is 6.85. The number of carbonyl (C=O) groups excluding carboxylic acids is 3. The Bertz CT molecular complexity index is 1250. The standard InChI is InChI=1S/C21H14FN3O4S2/c22-14-6-2-1-5-12(14)11-29-21(28)25-17(26)13-9-10-30-19(13)24-18(27)20-23-15-7-3-4-8-16(15)31-20/h1-10H,11H2,(H,24,27)(H,25,26,28). The lowest BCUT2D eigenvalue weighted by Gasteiger charge is -2.08. The maximum Gasteiger partial charge on any atom is 0.414 e. The summed E-state index contributed by atoms with van der Waals surface area (Å²) in [5.41, 5.74) is 0.992. The van der Waals surface area contributed by atoms with Crippen LogP contribution in [0.15, 0.2) is 60.0 Å². The van der Waals surface area contributed by atoms with E-state index in [-0.39, 0.29) is 27.7 Å². The molecule has 0 spiro atoms. The number of alkyl carbamates (subject to hydrolysis) is 1. The van der Waals surface area contributed by atoms with Gasteiger partial charge in [-0.05, 0) is 29.6 Å². The molecule has 156 valence electrons. The molecule has 2 N–H and O–H groups in total. The third-order valence-corrected chi connectivity index (χ3v) is 6.02. The number of imide groups is 1. The summed E-state index contributed by atoms with van der Waals surface area (Å²) in [4.78, 5) is 41.2. The molecular weight excluding hydrogens is 441 g/mol. The molecule has 4 aromatic rings. The van der Waals surface area contributed by atoms with Crippen LogP contribution in [-0.4, -0.2) is 22.9 Å². The Balaban J connectivity index is 1.39. The number of nitrogens with zero attached hydrogens (tertiary/aromatic N) is 1. The van der Waals surface area contributed by atoms with Crippen molar-refractivity contribution in [3.05, 3.63) is 81.9 Å². The first-order valence-electron chi connectivity index (χ1n) is 8.97. The van der Waals surface area contributed by atoms with Gasteiger partial charge in [0, 0.05) is 5.56 Å². The van der Waals surface area contributed by atoms with Crippen LogP contribution in [0.1, 0.15) is 25.7 Å². The highest BCUT2D eigenvalue weighted by Crippen LogP contribution is 2.26. The largest absolute Gasteiger partial charge is 0.444 e. The second kappa shape index (κ2) is 9.02. The summed E-state index contributed by atoms with van der Waals surface area (Å²) < 4.78 is 19.4. The minimum absolute atomic E-state index is 0.0994. The molecule has 0 saturated carbocycles. The van der Waals surface area contributed by atoms with Gasteiger partial charge in [-0.2, -0.15) is 0 Å². The van der Waals surface area contributed by atoms with Crippen LogP contribution in [0.25, 0.3) is 10.2 Å². The number of hydrogen-bond acceptors (Lipinski definition) is 7. The van der Waals surface area contributed by atoms with Gasteiger partial charge in [0.2, 0.25) is 0 Å². The molecule has 2 heterocycles. The van der Waals surface area contributed by atoms with E-state index in [1.54, 1.807) is 17.5 Å². The lowest BCUT2D eigenvalue weighted by atomic mass is 10.2. The van der Waals surface area contributed by atoms with E-state index in [0.717, 1.165) is 16.0 Å². The molecule has 2 aromatic carbocycles. The lowest BCUT2D eigenvalue weighted by Crippen LogP contribution is -2.31. The Hall–Kier alpha value is -3.63. The smallest absolute Gasteiger partial charge is 0.414 e. The Labute approximate surface area is 183 Å². The van der Waals surface area contributed by atoms with Gasteiger partial charge < -0.3 is 10.1 Å². The van der Waals surface area contributed by atoms with E-state index in [9.17, 15) is 18.8 Å². The van der Waals surface area contributed by atoms with Crippen molar-refractivity contribution >= 4 is 55.8 Å². The van der Waals surface area contributed by atoms with Crippen LogP contribution >= 0.6 is 22.7 Å². The van der Waals surface area contributed by atoms with Crippen molar-refractivity contribution in [1.82, 2.24) is 10.3 Å². The molecule has 4 rings (SSSR count). The summed E-state index contributed by atoms with van der Waals surface area (Å²) >= 11 is 2.36. The van der Waals surface area contributed by atoms with E-state index in [1.165, 1.54) is 35.6 Å². The number of thiazole rings is 1. The topological polar surface area (TPSA) is 97.4 Å². The summed E-state index contributed by atoms with van der Waals surface area (Å²) in [6.45, 7) is -0.323. The first-order valence-corrected chi connectivity index (χ1v) is 10.7. The number of rotatable bonds is 5. The zero-order valence-electron chi connectivity index (χ0n) is 15.8. The van der Waals surface area contributed by atoms with Gasteiger partial charge in [-0.1, -0.05) is 30.3 Å². The minimum atomic E-state index is -1.03. The molecule has 0 atom stereocenters. The van der Waals surface area contributed by atoms with Crippen molar-refractivity contribution in [2.75, 3.05) is 5.32 Å². The molecule has 0 aliphatic heterocycles. The fourth-order valence-corrected chi connectivity index (χ4v) is 4.31. The molecule has 31 heavy (non-hydrogen) atoms. The quantitative estimate of drug-likeness (QED) is 0.450. The highest BCUT2D eigenvalue weighted by atomic mass is 32.1. The summed E-state index contributed by atoms with van der Waals surface area (Å²) in [6.07, 6.45) is -1.03. The number of ether oxygens (including phenoxy) is 1. The van der Waals surface area contributed by atoms with Crippen LogP contribution in [0, 0.1) is 5.82 Å². The molecule has 7 nitrogen and oxygen atoms in total. The molecule has 3 amide bonds. The Morgan fingerprint density at radius 2 is 1.77 bits per heavy atom. The molecule has 0 fully saturated rings. The van der Waals surface area contributed by atoms with Gasteiger partial charge in [0.05, 0.1) is 15.8 Å². The van der Waals surface area contributed by atoms with Gasteiger partial charge in [-0.15, -0.1) is 22.7 Å². The number of amides is 3. The second-order valence-electron chi connectivity index (χ2n) is 6.23. The van der Waals surface area contributed by atoms with Crippen molar-refractivity contribution in [3.8, 4) is 0 Å². The van der Waals surface area contributed by atoms with Crippen molar-refractivity contribution in [3.63, 3.8) is 0 Å². The molecule has 0 aliphatic carbocycles. The molecule has 0 bridgehead atoms. The van der Waals surface area contributed by atoms with E-state index in [2.05, 4.69) is 15.6 Å². The van der Waals surface area contributed by atoms with Gasteiger partial charge in [0.15, 0.2) is 5.01 Å². The van der Waals surface area contributed by atoms with Gasteiger partial charge in [0.1, 0.15) is 17.4 Å². The van der Waals surface area contributed by atoms with Crippen LogP contribution in [0.4, 0.5) is 14.2 Å². The average molecular weight is 455 g/mol. The van der Waals surface area contributed by atoms with Crippen LogP contribution < -0.4 is 10.6 Å². The second-order valence-corrected chi connectivity index (χ2v) is 8.17. The molecule has 0 unspecified atom stereocenters. The number of aromatic nitrogens is 1. The molecule has 0 saturated heterocycles. The molecule has 2 aromatic heterocycles. The number of thiophene rings is 1. The number of para-hydroxylation sites is 1. The fourth-order valence-electron chi connectivity index (χ4n) is 2.67. The Morgan fingerprint density at radius 3 is 2.58 bits per heavy atom.